The zero-order valence-electron chi connectivity index (χ0n) is 14.2. The maximum atomic E-state index is 12.1. The van der Waals surface area contributed by atoms with Gasteiger partial charge in [-0.1, -0.05) is 6.92 Å². The first-order chi connectivity index (χ1) is 11.7. The Morgan fingerprint density at radius 3 is 3.08 bits per heavy atom. The number of likely N-dealkylation sites (tertiary alicyclic amines) is 1. The average Bonchev–Trinajstić information content (AvgIpc) is 3.23. The van der Waals surface area contributed by atoms with Crippen molar-refractivity contribution in [2.75, 3.05) is 26.7 Å². The van der Waals surface area contributed by atoms with Gasteiger partial charge in [0, 0.05) is 31.5 Å². The number of ether oxygens (including phenoxy) is 1. The monoisotopic (exact) mass is 332 g/mol. The first kappa shape index (κ1) is 16.6. The Morgan fingerprint density at radius 1 is 1.42 bits per heavy atom. The highest BCUT2D eigenvalue weighted by Gasteiger charge is 2.23. The number of carbonyl (C=O) groups is 1. The fourth-order valence-corrected chi connectivity index (χ4v) is 3.17. The predicted molar refractivity (Wildman–Crippen MR) is 88.9 cm³/mol. The molecule has 0 unspecified atom stereocenters. The van der Waals surface area contributed by atoms with Gasteiger partial charge < -0.3 is 10.1 Å². The number of likely N-dealkylation sites (N-methyl/N-ethyl adjacent to an activating group) is 1. The lowest BCUT2D eigenvalue weighted by molar-refractivity contribution is -0.121. The molecule has 8 heteroatoms. The van der Waals surface area contributed by atoms with E-state index in [9.17, 15) is 4.79 Å². The lowest BCUT2D eigenvalue weighted by Gasteiger charge is -2.22. The average molecular weight is 332 g/mol. The molecule has 130 valence electrons. The van der Waals surface area contributed by atoms with Crippen molar-refractivity contribution in [2.45, 2.75) is 38.6 Å². The largest absolute Gasteiger partial charge is 0.480 e. The van der Waals surface area contributed by atoms with Gasteiger partial charge in [0.2, 0.25) is 11.8 Å². The molecule has 0 bridgehead atoms. The van der Waals surface area contributed by atoms with Gasteiger partial charge in [0.25, 0.3) is 0 Å². The smallest absolute Gasteiger partial charge is 0.231 e. The highest BCUT2D eigenvalue weighted by Crippen LogP contribution is 2.15. The van der Waals surface area contributed by atoms with Gasteiger partial charge in [-0.25, -0.2) is 0 Å². The zero-order valence-corrected chi connectivity index (χ0v) is 14.2. The standard InChI is InChI=1S/C16H24N6O2/c1-3-21-10-4-5-12(21)11-17-15(23)8-6-13-18-19-14-7-9-16(24-2)20-22(13)14/h7,9,12H,3-6,8,10-11H2,1-2H3,(H,17,23)/t12-/m0/s1. The van der Waals surface area contributed by atoms with Crippen LogP contribution in [0.2, 0.25) is 0 Å². The predicted octanol–water partition coefficient (Wildman–Crippen LogP) is 0.666. The highest BCUT2D eigenvalue weighted by atomic mass is 16.5. The van der Waals surface area contributed by atoms with Gasteiger partial charge >= 0.3 is 0 Å². The first-order valence-electron chi connectivity index (χ1n) is 8.47. The Bertz CT molecular complexity index is 701. The molecule has 3 rings (SSSR count). The number of nitrogens with zero attached hydrogens (tertiary/aromatic N) is 5. The molecule has 0 aromatic carbocycles. The highest BCUT2D eigenvalue weighted by molar-refractivity contribution is 5.76. The summed E-state index contributed by atoms with van der Waals surface area (Å²) in [6.07, 6.45) is 3.24. The van der Waals surface area contributed by atoms with E-state index in [1.807, 2.05) is 0 Å². The number of methoxy groups -OCH3 is 1. The summed E-state index contributed by atoms with van der Waals surface area (Å²) in [4.78, 5) is 14.5. The normalized spacial score (nSPS) is 18.2. The fourth-order valence-electron chi connectivity index (χ4n) is 3.17. The third-order valence-corrected chi connectivity index (χ3v) is 4.53. The maximum absolute atomic E-state index is 12.1. The van der Waals surface area contributed by atoms with Crippen molar-refractivity contribution in [1.29, 1.82) is 0 Å². The number of aryl methyl sites for hydroxylation is 1. The Kier molecular flexibility index (Phi) is 5.24. The molecule has 1 saturated heterocycles. The van der Waals surface area contributed by atoms with E-state index in [-0.39, 0.29) is 5.91 Å². The summed E-state index contributed by atoms with van der Waals surface area (Å²) in [5.41, 5.74) is 0.649. The molecule has 1 aliphatic heterocycles. The van der Waals surface area contributed by atoms with Crippen molar-refractivity contribution in [3.63, 3.8) is 0 Å². The topological polar surface area (TPSA) is 84.7 Å². The van der Waals surface area contributed by atoms with Gasteiger partial charge in [0.1, 0.15) is 0 Å². The van der Waals surface area contributed by atoms with Crippen LogP contribution >= 0.6 is 0 Å². The van der Waals surface area contributed by atoms with Crippen LogP contribution in [0.4, 0.5) is 0 Å². The van der Waals surface area contributed by atoms with Gasteiger partial charge in [0.05, 0.1) is 7.11 Å². The van der Waals surface area contributed by atoms with E-state index in [1.165, 1.54) is 6.42 Å². The van der Waals surface area contributed by atoms with Gasteiger partial charge in [-0.2, -0.15) is 4.52 Å². The van der Waals surface area contributed by atoms with Crippen molar-refractivity contribution in [3.8, 4) is 5.88 Å². The van der Waals surface area contributed by atoms with Crippen molar-refractivity contribution >= 4 is 11.6 Å². The molecule has 1 aliphatic rings. The molecule has 0 spiro atoms. The van der Waals surface area contributed by atoms with Gasteiger partial charge in [-0.15, -0.1) is 15.3 Å². The van der Waals surface area contributed by atoms with Gasteiger partial charge in [-0.05, 0) is 32.0 Å². The number of rotatable bonds is 7. The Labute approximate surface area is 141 Å². The second kappa shape index (κ2) is 7.57. The molecule has 2 aromatic rings. The molecule has 1 N–H and O–H groups in total. The third kappa shape index (κ3) is 3.64. The van der Waals surface area contributed by atoms with E-state index in [0.717, 1.165) is 26.1 Å². The summed E-state index contributed by atoms with van der Waals surface area (Å²) < 4.78 is 6.74. The summed E-state index contributed by atoms with van der Waals surface area (Å²) in [5, 5.41) is 15.5. The van der Waals surface area contributed by atoms with Crippen LogP contribution in [0.25, 0.3) is 5.65 Å². The summed E-state index contributed by atoms with van der Waals surface area (Å²) in [6.45, 7) is 5.06. The van der Waals surface area contributed by atoms with E-state index in [0.29, 0.717) is 36.2 Å². The Morgan fingerprint density at radius 2 is 2.29 bits per heavy atom. The van der Waals surface area contributed by atoms with Gasteiger partial charge in [-0.3, -0.25) is 9.69 Å². The molecule has 0 radical (unpaired) electrons. The lowest BCUT2D eigenvalue weighted by atomic mass is 10.2. The van der Waals surface area contributed by atoms with Crippen LogP contribution < -0.4 is 10.1 Å². The van der Waals surface area contributed by atoms with E-state index in [1.54, 1.807) is 23.8 Å². The number of amides is 1. The number of carbonyl (C=O) groups excluding carboxylic acids is 1. The maximum Gasteiger partial charge on any atom is 0.231 e. The van der Waals surface area contributed by atoms with Crippen LogP contribution in [0, 0.1) is 0 Å². The summed E-state index contributed by atoms with van der Waals surface area (Å²) in [7, 11) is 1.56. The number of hydrogen-bond acceptors (Lipinski definition) is 6. The number of hydrogen-bond donors (Lipinski definition) is 1. The third-order valence-electron chi connectivity index (χ3n) is 4.53. The summed E-state index contributed by atoms with van der Waals surface area (Å²) in [6, 6.07) is 4.00. The Hall–Kier alpha value is -2.22. The second-order valence-electron chi connectivity index (χ2n) is 5.99. The molecular formula is C16H24N6O2. The van der Waals surface area contributed by atoms with Crippen LogP contribution in [0.5, 0.6) is 5.88 Å². The minimum atomic E-state index is 0.0394. The second-order valence-corrected chi connectivity index (χ2v) is 5.99. The molecule has 1 amide bonds. The number of aromatic nitrogens is 4. The van der Waals surface area contributed by atoms with Crippen LogP contribution in [0.15, 0.2) is 12.1 Å². The van der Waals surface area contributed by atoms with E-state index >= 15 is 0 Å². The quantitative estimate of drug-likeness (QED) is 0.802. The van der Waals surface area contributed by atoms with Crippen LogP contribution in [0.1, 0.15) is 32.0 Å². The molecular weight excluding hydrogens is 308 g/mol. The minimum Gasteiger partial charge on any atom is -0.480 e. The summed E-state index contributed by atoms with van der Waals surface area (Å²) in [5.74, 6) is 1.20. The van der Waals surface area contributed by atoms with E-state index in [4.69, 9.17) is 4.74 Å². The van der Waals surface area contributed by atoms with Crippen molar-refractivity contribution < 1.29 is 9.53 Å². The van der Waals surface area contributed by atoms with Crippen molar-refractivity contribution in [3.05, 3.63) is 18.0 Å². The van der Waals surface area contributed by atoms with Crippen molar-refractivity contribution in [1.82, 2.24) is 30.0 Å². The minimum absolute atomic E-state index is 0.0394. The van der Waals surface area contributed by atoms with Crippen LogP contribution in [-0.2, 0) is 11.2 Å². The molecule has 2 aromatic heterocycles. The lowest BCUT2D eigenvalue weighted by Crippen LogP contribution is -2.40. The molecule has 3 heterocycles. The zero-order chi connectivity index (χ0) is 16.9. The van der Waals surface area contributed by atoms with E-state index < -0.39 is 0 Å². The van der Waals surface area contributed by atoms with Gasteiger partial charge in [0.15, 0.2) is 11.5 Å². The van der Waals surface area contributed by atoms with Crippen LogP contribution in [0.3, 0.4) is 0 Å². The molecule has 0 aliphatic carbocycles. The molecule has 1 atom stereocenters. The molecule has 24 heavy (non-hydrogen) atoms. The number of fused-ring (bicyclic) bond motifs is 1. The summed E-state index contributed by atoms with van der Waals surface area (Å²) >= 11 is 0. The van der Waals surface area contributed by atoms with E-state index in [2.05, 4.69) is 32.4 Å². The number of nitrogens with one attached hydrogen (secondary N) is 1. The SMILES string of the molecule is CCN1CCC[C@H]1CNC(=O)CCc1nnc2ccc(OC)nn12. The van der Waals surface area contributed by atoms with Crippen molar-refractivity contribution in [2.24, 2.45) is 0 Å². The Balaban J connectivity index is 1.53. The first-order valence-corrected chi connectivity index (χ1v) is 8.47. The molecule has 8 nitrogen and oxygen atoms in total. The molecule has 0 saturated carbocycles. The molecule has 1 fully saturated rings. The van der Waals surface area contributed by atoms with Crippen LogP contribution in [-0.4, -0.2) is 63.4 Å². The fraction of sp³-hybridized carbons (Fsp3) is 0.625.